The van der Waals surface area contributed by atoms with E-state index < -0.39 is 12.3 Å². The van der Waals surface area contributed by atoms with Gasteiger partial charge in [-0.1, -0.05) is 27.7 Å². The summed E-state index contributed by atoms with van der Waals surface area (Å²) >= 11 is 0. The highest BCUT2D eigenvalue weighted by Gasteiger charge is 2.67. The summed E-state index contributed by atoms with van der Waals surface area (Å²) in [5, 5.41) is 11.8. The van der Waals surface area contributed by atoms with Crippen LogP contribution in [0, 0.1) is 52.3 Å². The maximum absolute atomic E-state index is 14.3. The Bertz CT molecular complexity index is 872. The zero-order valence-electron chi connectivity index (χ0n) is 23.7. The van der Waals surface area contributed by atoms with E-state index in [0.717, 1.165) is 38.5 Å². The number of carbonyl (C=O) groups excluding carboxylic acids is 3. The third-order valence-electron chi connectivity index (χ3n) is 11.4. The maximum atomic E-state index is 14.3. The minimum Gasteiger partial charge on any atom is -0.469 e. The fourth-order valence-electron chi connectivity index (χ4n) is 9.75. The van der Waals surface area contributed by atoms with E-state index in [9.17, 15) is 19.5 Å². The largest absolute Gasteiger partial charge is 0.508 e. The van der Waals surface area contributed by atoms with E-state index in [4.69, 9.17) is 14.2 Å². The van der Waals surface area contributed by atoms with E-state index in [1.54, 1.807) is 6.92 Å². The molecule has 0 amide bonds. The van der Waals surface area contributed by atoms with E-state index in [-0.39, 0.29) is 59.1 Å². The van der Waals surface area contributed by atoms with Crippen molar-refractivity contribution in [1.82, 2.24) is 0 Å². The van der Waals surface area contributed by atoms with Gasteiger partial charge in [0.2, 0.25) is 0 Å². The lowest BCUT2D eigenvalue weighted by Crippen LogP contribution is -2.64. The second-order valence-electron chi connectivity index (χ2n) is 12.9. The Kier molecular flexibility index (Phi) is 8.33. The molecule has 0 heterocycles. The first-order valence-corrected chi connectivity index (χ1v) is 14.6. The molecule has 0 bridgehead atoms. The number of hydrogen-bond donors (Lipinski definition) is 1. The molecule has 0 aliphatic heterocycles. The molecule has 37 heavy (non-hydrogen) atoms. The molecule has 0 saturated heterocycles. The Morgan fingerprint density at radius 1 is 1.11 bits per heavy atom. The Morgan fingerprint density at radius 2 is 1.84 bits per heavy atom. The zero-order valence-corrected chi connectivity index (χ0v) is 23.7. The number of ether oxygens (including phenoxy) is 3. The van der Waals surface area contributed by atoms with Crippen molar-refractivity contribution in [3.63, 3.8) is 0 Å². The summed E-state index contributed by atoms with van der Waals surface area (Å²) in [5.41, 5.74) is -0.277. The van der Waals surface area contributed by atoms with Crippen molar-refractivity contribution in [2.75, 3.05) is 13.7 Å². The number of rotatable bonds is 7. The Labute approximate surface area is 222 Å². The lowest BCUT2D eigenvalue weighted by molar-refractivity contribution is -0.198. The molecule has 0 spiro atoms. The van der Waals surface area contributed by atoms with Gasteiger partial charge in [0.1, 0.15) is 11.9 Å². The van der Waals surface area contributed by atoms with E-state index in [2.05, 4.69) is 27.7 Å². The van der Waals surface area contributed by atoms with Gasteiger partial charge in [0.15, 0.2) is 0 Å². The van der Waals surface area contributed by atoms with Crippen LogP contribution in [0.5, 0.6) is 0 Å². The van der Waals surface area contributed by atoms with Crippen LogP contribution in [-0.4, -0.2) is 48.9 Å². The van der Waals surface area contributed by atoms with Crippen molar-refractivity contribution >= 4 is 17.9 Å². The van der Waals surface area contributed by atoms with Gasteiger partial charge in [-0.05, 0) is 92.8 Å². The molecule has 4 saturated carbocycles. The van der Waals surface area contributed by atoms with Crippen LogP contribution in [0.15, 0.2) is 0 Å². The number of carbonyl (C=O) groups is 3. The highest BCUT2D eigenvalue weighted by Crippen LogP contribution is 2.68. The average molecular weight is 521 g/mol. The van der Waals surface area contributed by atoms with E-state index in [0.29, 0.717) is 36.9 Å². The lowest BCUT2D eigenvalue weighted by atomic mass is 9.41. The topological polar surface area (TPSA) is 99.1 Å². The van der Waals surface area contributed by atoms with E-state index in [1.807, 2.05) is 0 Å². The second-order valence-corrected chi connectivity index (χ2v) is 12.9. The third kappa shape index (κ3) is 4.83. The number of hydrogen-bond acceptors (Lipinski definition) is 7. The van der Waals surface area contributed by atoms with Crippen LogP contribution >= 0.6 is 0 Å². The van der Waals surface area contributed by atoms with Crippen molar-refractivity contribution in [2.45, 2.75) is 105 Å². The Hall–Kier alpha value is -1.63. The standard InChI is InChI=1S/C30H48O7/c1-7-19-22-15-18(37-28(34)36-8-2)13-14-29(22,4)26-23(31)16-30(5)20(17(3)9-12-24(32)35-6)10-11-21(30)25(26)27(19)33/h17-23,25-26,31H,7-16H2,1-6H3/t17-,18-,19-,20-,21?,22+,23+,25?,26?,29+,30-/m1/s1. The van der Waals surface area contributed by atoms with Gasteiger partial charge in [-0.15, -0.1) is 0 Å². The number of aliphatic hydroxyl groups is 1. The number of esters is 1. The highest BCUT2D eigenvalue weighted by atomic mass is 16.7. The van der Waals surface area contributed by atoms with Crippen LogP contribution in [0.25, 0.3) is 0 Å². The third-order valence-corrected chi connectivity index (χ3v) is 11.4. The first-order valence-electron chi connectivity index (χ1n) is 14.6. The van der Waals surface area contributed by atoms with Gasteiger partial charge in [-0.25, -0.2) is 4.79 Å². The second kappa shape index (κ2) is 10.9. The van der Waals surface area contributed by atoms with Gasteiger partial charge in [-0.3, -0.25) is 9.59 Å². The molecule has 4 aliphatic rings. The molecule has 4 aliphatic carbocycles. The smallest absolute Gasteiger partial charge is 0.469 e. The molecular formula is C30H48O7. The molecule has 3 unspecified atom stereocenters. The molecule has 0 aromatic carbocycles. The minimum absolute atomic E-state index is 0.0569. The Morgan fingerprint density at radius 3 is 2.49 bits per heavy atom. The van der Waals surface area contributed by atoms with Crippen LogP contribution in [0.1, 0.15) is 92.4 Å². The summed E-state index contributed by atoms with van der Waals surface area (Å²) in [7, 11) is 1.43. The molecular weight excluding hydrogens is 472 g/mol. The summed E-state index contributed by atoms with van der Waals surface area (Å²) in [6, 6.07) is 0. The highest BCUT2D eigenvalue weighted by molar-refractivity contribution is 5.86. The van der Waals surface area contributed by atoms with Crippen LogP contribution in [0.4, 0.5) is 4.79 Å². The zero-order chi connectivity index (χ0) is 27.1. The molecule has 4 rings (SSSR count). The quantitative estimate of drug-likeness (QED) is 0.439. The number of methoxy groups -OCH3 is 1. The molecule has 7 nitrogen and oxygen atoms in total. The van der Waals surface area contributed by atoms with Gasteiger partial charge >= 0.3 is 12.1 Å². The number of fused-ring (bicyclic) bond motifs is 5. The van der Waals surface area contributed by atoms with Crippen LogP contribution < -0.4 is 0 Å². The van der Waals surface area contributed by atoms with Crippen molar-refractivity contribution < 1.29 is 33.7 Å². The Balaban J connectivity index is 1.59. The number of Topliss-reactive ketones (excluding diaryl/α,β-unsaturated/α-hetero) is 1. The summed E-state index contributed by atoms with van der Waals surface area (Å²) in [5.74, 6) is 0.953. The molecule has 210 valence electrons. The molecule has 7 heteroatoms. The summed E-state index contributed by atoms with van der Waals surface area (Å²) in [4.78, 5) is 38.1. The van der Waals surface area contributed by atoms with E-state index in [1.165, 1.54) is 7.11 Å². The molecule has 0 radical (unpaired) electrons. The van der Waals surface area contributed by atoms with Crippen molar-refractivity contribution in [2.24, 2.45) is 52.3 Å². The van der Waals surface area contributed by atoms with E-state index >= 15 is 0 Å². The van der Waals surface area contributed by atoms with Crippen molar-refractivity contribution in [1.29, 1.82) is 0 Å². The van der Waals surface area contributed by atoms with Gasteiger partial charge in [0, 0.05) is 24.2 Å². The van der Waals surface area contributed by atoms with Crippen molar-refractivity contribution in [3.05, 3.63) is 0 Å². The average Bonchev–Trinajstić information content (AvgIpc) is 3.19. The first kappa shape index (κ1) is 28.4. The molecule has 0 aromatic heterocycles. The van der Waals surface area contributed by atoms with Gasteiger partial charge in [-0.2, -0.15) is 0 Å². The first-order chi connectivity index (χ1) is 17.5. The predicted molar refractivity (Wildman–Crippen MR) is 138 cm³/mol. The molecule has 0 aromatic rings. The molecule has 4 fully saturated rings. The summed E-state index contributed by atoms with van der Waals surface area (Å²) < 4.78 is 15.5. The van der Waals surface area contributed by atoms with Crippen LogP contribution in [-0.2, 0) is 23.8 Å². The lowest BCUT2D eigenvalue weighted by Gasteiger charge is -2.63. The fraction of sp³-hybridized carbons (Fsp3) is 0.900. The minimum atomic E-state index is -0.629. The fourth-order valence-corrected chi connectivity index (χ4v) is 9.75. The SMILES string of the molecule is CCOC(=O)O[C@@H]1CC[C@]2(C)C3C(C(=O)[C@H](CC)[C@@H]2C1)C1CC[C@H]([C@H](C)CCC(=O)OC)[C@@]1(C)C[C@@H]3O. The predicted octanol–water partition coefficient (Wildman–Crippen LogP) is 5.56. The maximum Gasteiger partial charge on any atom is 0.508 e. The van der Waals surface area contributed by atoms with Crippen LogP contribution in [0.3, 0.4) is 0 Å². The summed E-state index contributed by atoms with van der Waals surface area (Å²) in [6.45, 7) is 11.0. The number of aliphatic hydroxyl groups excluding tert-OH is 1. The van der Waals surface area contributed by atoms with Gasteiger partial charge < -0.3 is 19.3 Å². The van der Waals surface area contributed by atoms with Crippen LogP contribution in [0.2, 0.25) is 0 Å². The van der Waals surface area contributed by atoms with Gasteiger partial charge in [0.05, 0.1) is 19.8 Å². The molecule has 11 atom stereocenters. The monoisotopic (exact) mass is 520 g/mol. The normalized spacial score (nSPS) is 43.7. The number of ketones is 1. The van der Waals surface area contributed by atoms with Gasteiger partial charge in [0.25, 0.3) is 0 Å². The summed E-state index contributed by atoms with van der Waals surface area (Å²) in [6.07, 6.45) is 5.55. The molecule has 1 N–H and O–H groups in total. The van der Waals surface area contributed by atoms with Crippen molar-refractivity contribution in [3.8, 4) is 0 Å².